The van der Waals surface area contributed by atoms with E-state index in [0.29, 0.717) is 21.6 Å². The highest BCUT2D eigenvalue weighted by molar-refractivity contribution is 7.20. The summed E-state index contributed by atoms with van der Waals surface area (Å²) in [6.45, 7) is 8.08. The topological polar surface area (TPSA) is 76.0 Å². The Hall–Kier alpha value is -1.44. The van der Waals surface area contributed by atoms with Crippen LogP contribution in [-0.4, -0.2) is 34.6 Å². The summed E-state index contributed by atoms with van der Waals surface area (Å²) in [4.78, 5) is 31.5. The first kappa shape index (κ1) is 20.9. The van der Waals surface area contributed by atoms with Crippen LogP contribution in [0.2, 0.25) is 0 Å². The number of likely N-dealkylation sites (N-methyl/N-ethyl adjacent to an activating group) is 1. The minimum absolute atomic E-state index is 0. The molecule has 2 aromatic heterocycles. The average Bonchev–Trinajstić information content (AvgIpc) is 2.76. The Morgan fingerprint density at radius 1 is 1.35 bits per heavy atom. The normalized spacial score (nSPS) is 15.0. The molecule has 26 heavy (non-hydrogen) atoms. The number of carbonyl (C=O) groups excluding carboxylic acids is 1. The molecule has 1 atom stereocenters. The lowest BCUT2D eigenvalue weighted by Gasteiger charge is -2.12. The van der Waals surface area contributed by atoms with Gasteiger partial charge in [-0.05, 0) is 38.8 Å². The zero-order chi connectivity index (χ0) is 18.0. The van der Waals surface area contributed by atoms with E-state index in [2.05, 4.69) is 10.6 Å². The number of fused-ring (bicyclic) bond motifs is 2. The molecule has 3 rings (SSSR count). The predicted molar refractivity (Wildman–Crippen MR) is 109 cm³/mol. The van der Waals surface area contributed by atoms with Gasteiger partial charge >= 0.3 is 0 Å². The molecule has 0 bridgehead atoms. The number of carbonyl (C=O) groups is 1. The highest BCUT2D eigenvalue weighted by atomic mass is 35.5. The van der Waals surface area contributed by atoms with Crippen molar-refractivity contribution in [1.29, 1.82) is 0 Å². The van der Waals surface area contributed by atoms with E-state index in [-0.39, 0.29) is 29.9 Å². The average molecular weight is 399 g/mol. The molecule has 0 radical (unpaired) electrons. The van der Waals surface area contributed by atoms with Crippen molar-refractivity contribution < 1.29 is 4.79 Å². The molecule has 144 valence electrons. The quantitative estimate of drug-likeness (QED) is 0.811. The Balaban J connectivity index is 0.00000243. The van der Waals surface area contributed by atoms with E-state index in [1.807, 2.05) is 25.3 Å². The van der Waals surface area contributed by atoms with Gasteiger partial charge in [0.05, 0.1) is 10.3 Å². The van der Waals surface area contributed by atoms with E-state index < -0.39 is 0 Å². The van der Waals surface area contributed by atoms with Gasteiger partial charge in [-0.15, -0.1) is 23.7 Å². The van der Waals surface area contributed by atoms with Crippen LogP contribution in [0.1, 0.15) is 54.2 Å². The molecular weight excluding hydrogens is 372 g/mol. The van der Waals surface area contributed by atoms with Gasteiger partial charge in [0.2, 0.25) is 0 Å². The predicted octanol–water partition coefficient (Wildman–Crippen LogP) is 2.64. The van der Waals surface area contributed by atoms with Gasteiger partial charge in [0.1, 0.15) is 10.7 Å². The molecule has 6 nitrogen and oxygen atoms in total. The SMILES string of the molecule is CCN[C@H](C)CNC(=O)c1sc2nc3n(c(=O)c2c1C)CCCCC3.Cl. The van der Waals surface area contributed by atoms with Crippen LogP contribution < -0.4 is 16.2 Å². The van der Waals surface area contributed by atoms with Crippen molar-refractivity contribution in [2.45, 2.75) is 59.0 Å². The van der Waals surface area contributed by atoms with Gasteiger partial charge in [-0.25, -0.2) is 4.98 Å². The highest BCUT2D eigenvalue weighted by Gasteiger charge is 2.22. The first-order valence-electron chi connectivity index (χ1n) is 9.07. The summed E-state index contributed by atoms with van der Waals surface area (Å²) in [6, 6.07) is 0.212. The summed E-state index contributed by atoms with van der Waals surface area (Å²) in [7, 11) is 0. The third-order valence-corrected chi connectivity index (χ3v) is 5.92. The minimum atomic E-state index is -0.121. The summed E-state index contributed by atoms with van der Waals surface area (Å²) in [5.41, 5.74) is 0.765. The number of nitrogens with one attached hydrogen (secondary N) is 2. The fraction of sp³-hybridized carbons (Fsp3) is 0.611. The maximum atomic E-state index is 12.9. The maximum Gasteiger partial charge on any atom is 0.262 e. The lowest BCUT2D eigenvalue weighted by Crippen LogP contribution is -2.38. The van der Waals surface area contributed by atoms with E-state index in [0.717, 1.165) is 50.2 Å². The molecule has 0 unspecified atom stereocenters. The van der Waals surface area contributed by atoms with Crippen LogP contribution in [-0.2, 0) is 13.0 Å². The van der Waals surface area contributed by atoms with Crippen molar-refractivity contribution in [2.75, 3.05) is 13.1 Å². The molecule has 0 saturated carbocycles. The largest absolute Gasteiger partial charge is 0.350 e. The van der Waals surface area contributed by atoms with E-state index in [1.54, 1.807) is 0 Å². The molecule has 3 heterocycles. The van der Waals surface area contributed by atoms with E-state index in [1.165, 1.54) is 11.3 Å². The third-order valence-electron chi connectivity index (χ3n) is 4.74. The third kappa shape index (κ3) is 4.10. The Morgan fingerprint density at radius 3 is 2.85 bits per heavy atom. The zero-order valence-electron chi connectivity index (χ0n) is 15.6. The van der Waals surface area contributed by atoms with E-state index in [4.69, 9.17) is 4.98 Å². The zero-order valence-corrected chi connectivity index (χ0v) is 17.2. The molecule has 1 amide bonds. The fourth-order valence-electron chi connectivity index (χ4n) is 3.37. The maximum absolute atomic E-state index is 12.9. The van der Waals surface area contributed by atoms with Crippen LogP contribution in [0, 0.1) is 6.92 Å². The summed E-state index contributed by atoms with van der Waals surface area (Å²) in [6.07, 6.45) is 4.05. The lowest BCUT2D eigenvalue weighted by atomic mass is 10.2. The molecular formula is C18H27ClN4O2S. The first-order chi connectivity index (χ1) is 12.0. The first-order valence-corrected chi connectivity index (χ1v) is 9.89. The summed E-state index contributed by atoms with van der Waals surface area (Å²) >= 11 is 1.33. The Morgan fingerprint density at radius 2 is 2.12 bits per heavy atom. The molecule has 0 aromatic carbocycles. The lowest BCUT2D eigenvalue weighted by molar-refractivity contribution is 0.0954. The van der Waals surface area contributed by atoms with Gasteiger partial charge < -0.3 is 10.6 Å². The molecule has 0 spiro atoms. The molecule has 0 fully saturated rings. The molecule has 0 aliphatic carbocycles. The molecule has 1 aliphatic rings. The van der Waals surface area contributed by atoms with Crippen LogP contribution in [0.25, 0.3) is 10.2 Å². The Kier molecular flexibility index (Phi) is 7.20. The van der Waals surface area contributed by atoms with Gasteiger partial charge in [-0.1, -0.05) is 13.3 Å². The fourth-order valence-corrected chi connectivity index (χ4v) is 4.48. The van der Waals surface area contributed by atoms with Crippen LogP contribution >= 0.6 is 23.7 Å². The molecule has 2 N–H and O–H groups in total. The van der Waals surface area contributed by atoms with Crippen molar-refractivity contribution in [3.63, 3.8) is 0 Å². The van der Waals surface area contributed by atoms with Crippen molar-refractivity contribution in [1.82, 2.24) is 20.2 Å². The monoisotopic (exact) mass is 398 g/mol. The Labute approximate surface area is 163 Å². The van der Waals surface area contributed by atoms with Gasteiger partial charge in [0.15, 0.2) is 0 Å². The number of halogens is 1. The summed E-state index contributed by atoms with van der Waals surface area (Å²) in [5.74, 6) is 0.744. The number of amides is 1. The summed E-state index contributed by atoms with van der Waals surface area (Å²) < 4.78 is 1.81. The molecule has 1 aliphatic heterocycles. The number of thiophene rings is 1. The Bertz CT molecular complexity index is 846. The van der Waals surface area contributed by atoms with Crippen molar-refractivity contribution in [3.8, 4) is 0 Å². The molecule has 2 aromatic rings. The number of hydrogen-bond acceptors (Lipinski definition) is 5. The summed E-state index contributed by atoms with van der Waals surface area (Å²) in [5, 5.41) is 6.84. The number of nitrogens with zero attached hydrogens (tertiary/aromatic N) is 2. The number of hydrogen-bond donors (Lipinski definition) is 2. The second-order valence-corrected chi connectivity index (χ2v) is 7.70. The van der Waals surface area contributed by atoms with Crippen molar-refractivity contribution >= 4 is 39.9 Å². The number of aryl methyl sites for hydroxylation is 2. The van der Waals surface area contributed by atoms with Crippen LogP contribution in [0.15, 0.2) is 4.79 Å². The molecule has 8 heteroatoms. The van der Waals surface area contributed by atoms with Crippen molar-refractivity contribution in [2.24, 2.45) is 0 Å². The number of aromatic nitrogens is 2. The molecule has 0 saturated heterocycles. The van der Waals surface area contributed by atoms with Crippen LogP contribution in [0.4, 0.5) is 0 Å². The van der Waals surface area contributed by atoms with Crippen molar-refractivity contribution in [3.05, 3.63) is 26.6 Å². The van der Waals surface area contributed by atoms with Gasteiger partial charge in [-0.2, -0.15) is 0 Å². The van der Waals surface area contributed by atoms with E-state index in [9.17, 15) is 9.59 Å². The van der Waals surface area contributed by atoms with Gasteiger partial charge in [-0.3, -0.25) is 14.2 Å². The van der Waals surface area contributed by atoms with E-state index >= 15 is 0 Å². The smallest absolute Gasteiger partial charge is 0.262 e. The second-order valence-electron chi connectivity index (χ2n) is 6.70. The standard InChI is InChI=1S/C18H26N4O2S.ClH/c1-4-19-11(2)10-20-16(23)15-12(3)14-17(25-15)21-13-8-6-5-7-9-22(13)18(14)24;/h11,19H,4-10H2,1-3H3,(H,20,23);1H/t11-;/m1./s1. The second kappa shape index (κ2) is 8.97. The number of rotatable bonds is 5. The highest BCUT2D eigenvalue weighted by Crippen LogP contribution is 2.28. The minimum Gasteiger partial charge on any atom is -0.350 e. The van der Waals surface area contributed by atoms with Gasteiger partial charge in [0, 0.05) is 25.6 Å². The van der Waals surface area contributed by atoms with Gasteiger partial charge in [0.25, 0.3) is 11.5 Å². The van der Waals surface area contributed by atoms with Crippen LogP contribution in [0.3, 0.4) is 0 Å². The van der Waals surface area contributed by atoms with Crippen LogP contribution in [0.5, 0.6) is 0 Å².